The van der Waals surface area contributed by atoms with Crippen LogP contribution in [-0.2, 0) is 6.42 Å². The Morgan fingerprint density at radius 3 is 2.46 bits per heavy atom. The standard InChI is InChI=1S/C10H13F2N/c1-3-8-9(6(2)13)4-7(11)5-10(8)12/h4-6H,3,13H2,1-2H3/t6-/m1/s1. The first-order chi connectivity index (χ1) is 6.06. The Kier molecular flexibility index (Phi) is 2.98. The lowest BCUT2D eigenvalue weighted by atomic mass is 9.99. The van der Waals surface area contributed by atoms with Crippen molar-refractivity contribution in [2.24, 2.45) is 5.73 Å². The molecular formula is C10H13F2N. The summed E-state index contributed by atoms with van der Waals surface area (Å²) in [5.41, 5.74) is 6.66. The van der Waals surface area contributed by atoms with E-state index in [0.29, 0.717) is 17.5 Å². The minimum absolute atomic E-state index is 0.333. The molecule has 0 aliphatic carbocycles. The van der Waals surface area contributed by atoms with Crippen LogP contribution in [0.4, 0.5) is 8.78 Å². The second-order valence-electron chi connectivity index (χ2n) is 3.10. The number of halogens is 2. The van der Waals surface area contributed by atoms with Gasteiger partial charge in [0.15, 0.2) is 0 Å². The fourth-order valence-corrected chi connectivity index (χ4v) is 1.40. The Morgan fingerprint density at radius 2 is 2.00 bits per heavy atom. The van der Waals surface area contributed by atoms with Gasteiger partial charge in [0.05, 0.1) is 0 Å². The van der Waals surface area contributed by atoms with Gasteiger partial charge in [-0.1, -0.05) is 6.92 Å². The summed E-state index contributed by atoms with van der Waals surface area (Å²) < 4.78 is 26.0. The van der Waals surface area contributed by atoms with Crippen molar-refractivity contribution in [2.45, 2.75) is 26.3 Å². The van der Waals surface area contributed by atoms with Crippen LogP contribution in [0.3, 0.4) is 0 Å². The summed E-state index contributed by atoms with van der Waals surface area (Å²) in [6, 6.07) is 1.86. The molecule has 1 rings (SSSR count). The molecule has 0 fully saturated rings. The first-order valence-corrected chi connectivity index (χ1v) is 4.29. The topological polar surface area (TPSA) is 26.0 Å². The molecule has 2 N–H and O–H groups in total. The maximum absolute atomic E-state index is 13.2. The van der Waals surface area contributed by atoms with Crippen molar-refractivity contribution in [3.05, 3.63) is 34.9 Å². The summed E-state index contributed by atoms with van der Waals surface area (Å²) in [7, 11) is 0. The van der Waals surface area contributed by atoms with Gasteiger partial charge in [-0.3, -0.25) is 0 Å². The van der Waals surface area contributed by atoms with Crippen molar-refractivity contribution in [2.75, 3.05) is 0 Å². The monoisotopic (exact) mass is 185 g/mol. The highest BCUT2D eigenvalue weighted by Gasteiger charge is 2.12. The molecule has 0 aromatic heterocycles. The minimum Gasteiger partial charge on any atom is -0.324 e. The first kappa shape index (κ1) is 10.1. The molecule has 1 atom stereocenters. The van der Waals surface area contributed by atoms with Gasteiger partial charge in [0.1, 0.15) is 11.6 Å². The molecule has 0 heterocycles. The van der Waals surface area contributed by atoms with Gasteiger partial charge in [0.25, 0.3) is 0 Å². The third kappa shape index (κ3) is 2.04. The van der Waals surface area contributed by atoms with Gasteiger partial charge in [-0.25, -0.2) is 8.78 Å². The zero-order chi connectivity index (χ0) is 10.0. The van der Waals surface area contributed by atoms with E-state index in [0.717, 1.165) is 6.07 Å². The number of hydrogen-bond donors (Lipinski definition) is 1. The fraction of sp³-hybridized carbons (Fsp3) is 0.400. The van der Waals surface area contributed by atoms with Crippen LogP contribution in [0.1, 0.15) is 31.0 Å². The van der Waals surface area contributed by atoms with Crippen LogP contribution in [0, 0.1) is 11.6 Å². The summed E-state index contributed by atoms with van der Waals surface area (Å²) in [4.78, 5) is 0. The smallest absolute Gasteiger partial charge is 0.129 e. The minimum atomic E-state index is -0.568. The molecule has 72 valence electrons. The zero-order valence-electron chi connectivity index (χ0n) is 7.77. The molecule has 1 nitrogen and oxygen atoms in total. The van der Waals surface area contributed by atoms with E-state index in [-0.39, 0.29) is 6.04 Å². The van der Waals surface area contributed by atoms with Gasteiger partial charge < -0.3 is 5.73 Å². The molecule has 0 aliphatic rings. The summed E-state index contributed by atoms with van der Waals surface area (Å²) in [6.07, 6.45) is 0.531. The van der Waals surface area contributed by atoms with Gasteiger partial charge in [0, 0.05) is 12.1 Å². The van der Waals surface area contributed by atoms with Gasteiger partial charge in [-0.15, -0.1) is 0 Å². The molecule has 0 aliphatic heterocycles. The maximum atomic E-state index is 13.2. The second-order valence-corrected chi connectivity index (χ2v) is 3.10. The van der Waals surface area contributed by atoms with Gasteiger partial charge >= 0.3 is 0 Å². The zero-order valence-corrected chi connectivity index (χ0v) is 7.77. The number of benzene rings is 1. The lowest BCUT2D eigenvalue weighted by Gasteiger charge is -2.12. The molecular weight excluding hydrogens is 172 g/mol. The quantitative estimate of drug-likeness (QED) is 0.752. The molecule has 13 heavy (non-hydrogen) atoms. The van der Waals surface area contributed by atoms with Crippen molar-refractivity contribution < 1.29 is 8.78 Å². The second kappa shape index (κ2) is 3.83. The number of hydrogen-bond acceptors (Lipinski definition) is 1. The maximum Gasteiger partial charge on any atom is 0.129 e. The molecule has 0 spiro atoms. The van der Waals surface area contributed by atoms with Gasteiger partial charge in [-0.2, -0.15) is 0 Å². The average Bonchev–Trinajstić information content (AvgIpc) is 2.02. The van der Waals surface area contributed by atoms with Gasteiger partial charge in [-0.05, 0) is 30.5 Å². The largest absolute Gasteiger partial charge is 0.324 e. The number of nitrogens with two attached hydrogens (primary N) is 1. The Balaban J connectivity index is 3.29. The van der Waals surface area contributed by atoms with Crippen molar-refractivity contribution in [3.8, 4) is 0 Å². The van der Waals surface area contributed by atoms with E-state index in [1.807, 2.05) is 6.92 Å². The van der Waals surface area contributed by atoms with E-state index in [9.17, 15) is 8.78 Å². The molecule has 1 aromatic rings. The summed E-state index contributed by atoms with van der Waals surface area (Å²) in [5.74, 6) is -1.07. The summed E-state index contributed by atoms with van der Waals surface area (Å²) in [6.45, 7) is 3.54. The Bertz CT molecular complexity index is 308. The van der Waals surface area contributed by atoms with E-state index < -0.39 is 11.6 Å². The predicted octanol–water partition coefficient (Wildman–Crippen LogP) is 2.55. The third-order valence-corrected chi connectivity index (χ3v) is 2.04. The first-order valence-electron chi connectivity index (χ1n) is 4.29. The van der Waals surface area contributed by atoms with Crippen LogP contribution in [0.15, 0.2) is 12.1 Å². The van der Waals surface area contributed by atoms with E-state index in [4.69, 9.17) is 5.73 Å². The van der Waals surface area contributed by atoms with Gasteiger partial charge in [0.2, 0.25) is 0 Å². The molecule has 0 radical (unpaired) electrons. The molecule has 0 saturated heterocycles. The van der Waals surface area contributed by atoms with Crippen molar-refractivity contribution in [1.82, 2.24) is 0 Å². The Hall–Kier alpha value is -0.960. The Labute approximate surface area is 76.6 Å². The predicted molar refractivity (Wildman–Crippen MR) is 48.3 cm³/mol. The van der Waals surface area contributed by atoms with E-state index in [2.05, 4.69) is 0 Å². The SMILES string of the molecule is CCc1c(F)cc(F)cc1[C@@H](C)N. The van der Waals surface area contributed by atoms with Crippen molar-refractivity contribution in [1.29, 1.82) is 0 Å². The third-order valence-electron chi connectivity index (χ3n) is 2.04. The molecule has 0 unspecified atom stereocenters. The molecule has 3 heteroatoms. The van der Waals surface area contributed by atoms with E-state index in [1.165, 1.54) is 6.07 Å². The number of rotatable bonds is 2. The highest BCUT2D eigenvalue weighted by atomic mass is 19.1. The molecule has 1 aromatic carbocycles. The lowest BCUT2D eigenvalue weighted by molar-refractivity contribution is 0.564. The lowest BCUT2D eigenvalue weighted by Crippen LogP contribution is -2.10. The highest BCUT2D eigenvalue weighted by Crippen LogP contribution is 2.21. The average molecular weight is 185 g/mol. The van der Waals surface area contributed by atoms with Crippen molar-refractivity contribution >= 4 is 0 Å². The van der Waals surface area contributed by atoms with Crippen LogP contribution in [-0.4, -0.2) is 0 Å². The van der Waals surface area contributed by atoms with Crippen LogP contribution >= 0.6 is 0 Å². The summed E-state index contributed by atoms with van der Waals surface area (Å²) in [5, 5.41) is 0. The van der Waals surface area contributed by atoms with E-state index >= 15 is 0 Å². The molecule has 0 amide bonds. The van der Waals surface area contributed by atoms with Crippen molar-refractivity contribution in [3.63, 3.8) is 0 Å². The van der Waals surface area contributed by atoms with Crippen LogP contribution in [0.2, 0.25) is 0 Å². The summed E-state index contributed by atoms with van der Waals surface area (Å²) >= 11 is 0. The normalized spacial score (nSPS) is 13.0. The molecule has 0 saturated carbocycles. The molecule has 0 bridgehead atoms. The highest BCUT2D eigenvalue weighted by molar-refractivity contribution is 5.31. The van der Waals surface area contributed by atoms with Crippen LogP contribution in [0.5, 0.6) is 0 Å². The van der Waals surface area contributed by atoms with E-state index in [1.54, 1.807) is 6.92 Å². The van der Waals surface area contributed by atoms with Crippen LogP contribution in [0.25, 0.3) is 0 Å². The Morgan fingerprint density at radius 1 is 1.38 bits per heavy atom. The fourth-order valence-electron chi connectivity index (χ4n) is 1.40. The van der Waals surface area contributed by atoms with Crippen LogP contribution < -0.4 is 5.73 Å².